The molecule has 1 aliphatic heterocycles. The normalized spacial score (nSPS) is 23.3. The molecule has 3 nitrogen and oxygen atoms in total. The summed E-state index contributed by atoms with van der Waals surface area (Å²) in [4.78, 5) is 2.42. The van der Waals surface area contributed by atoms with Crippen molar-refractivity contribution in [3.63, 3.8) is 0 Å². The quantitative estimate of drug-likeness (QED) is 0.883. The van der Waals surface area contributed by atoms with Crippen molar-refractivity contribution in [1.29, 1.82) is 0 Å². The van der Waals surface area contributed by atoms with Crippen LogP contribution in [0.2, 0.25) is 0 Å². The standard InChI is InChI=1S/C15H20N2O/c1-11(17-8-4-6-13(16)10-17)15-9-12-5-2-3-7-14(12)18-15/h2-3,5,7,9,11,13H,4,6,8,10,16H2,1H3. The highest BCUT2D eigenvalue weighted by Gasteiger charge is 2.24. The van der Waals surface area contributed by atoms with E-state index in [0.717, 1.165) is 30.9 Å². The molecule has 1 fully saturated rings. The van der Waals surface area contributed by atoms with Crippen LogP contribution in [0.1, 0.15) is 31.6 Å². The highest BCUT2D eigenvalue weighted by Crippen LogP contribution is 2.28. The van der Waals surface area contributed by atoms with Crippen LogP contribution in [0, 0.1) is 0 Å². The molecule has 0 radical (unpaired) electrons. The second kappa shape index (κ2) is 4.75. The van der Waals surface area contributed by atoms with Crippen LogP contribution in [0.5, 0.6) is 0 Å². The van der Waals surface area contributed by atoms with Crippen LogP contribution in [-0.2, 0) is 0 Å². The van der Waals surface area contributed by atoms with Crippen molar-refractivity contribution >= 4 is 11.0 Å². The van der Waals surface area contributed by atoms with Gasteiger partial charge in [0.15, 0.2) is 0 Å². The molecule has 18 heavy (non-hydrogen) atoms. The lowest BCUT2D eigenvalue weighted by Crippen LogP contribution is -2.43. The molecule has 1 aromatic carbocycles. The molecule has 0 saturated carbocycles. The molecule has 1 aliphatic rings. The number of hydrogen-bond acceptors (Lipinski definition) is 3. The Balaban J connectivity index is 1.84. The zero-order valence-corrected chi connectivity index (χ0v) is 10.8. The smallest absolute Gasteiger partial charge is 0.134 e. The topological polar surface area (TPSA) is 42.4 Å². The summed E-state index contributed by atoms with van der Waals surface area (Å²) in [6.07, 6.45) is 2.33. The fourth-order valence-corrected chi connectivity index (χ4v) is 2.78. The number of fused-ring (bicyclic) bond motifs is 1. The fourth-order valence-electron chi connectivity index (χ4n) is 2.78. The molecule has 1 saturated heterocycles. The van der Waals surface area contributed by atoms with Gasteiger partial charge in [-0.25, -0.2) is 0 Å². The third-order valence-corrected chi connectivity index (χ3v) is 3.89. The van der Waals surface area contributed by atoms with Gasteiger partial charge < -0.3 is 10.2 Å². The minimum absolute atomic E-state index is 0.309. The first kappa shape index (κ1) is 11.8. The molecule has 2 atom stereocenters. The maximum Gasteiger partial charge on any atom is 0.134 e. The van der Waals surface area contributed by atoms with Gasteiger partial charge in [0.25, 0.3) is 0 Å². The van der Waals surface area contributed by atoms with Crippen molar-refractivity contribution in [2.45, 2.75) is 31.8 Å². The van der Waals surface area contributed by atoms with Crippen LogP contribution in [-0.4, -0.2) is 24.0 Å². The zero-order chi connectivity index (χ0) is 12.5. The number of piperidine rings is 1. The summed E-state index contributed by atoms with van der Waals surface area (Å²) >= 11 is 0. The van der Waals surface area contributed by atoms with Gasteiger partial charge in [-0.2, -0.15) is 0 Å². The lowest BCUT2D eigenvalue weighted by Gasteiger charge is -2.34. The Labute approximate surface area is 108 Å². The van der Waals surface area contributed by atoms with Crippen molar-refractivity contribution in [3.8, 4) is 0 Å². The summed E-state index contributed by atoms with van der Waals surface area (Å²) in [7, 11) is 0. The predicted octanol–water partition coefficient (Wildman–Crippen LogP) is 2.92. The molecule has 2 unspecified atom stereocenters. The van der Waals surface area contributed by atoms with Crippen molar-refractivity contribution < 1.29 is 4.42 Å². The SMILES string of the molecule is CC(c1cc2ccccc2o1)N1CCCC(N)C1. The number of nitrogens with two attached hydrogens (primary N) is 1. The summed E-state index contributed by atoms with van der Waals surface area (Å²) in [6, 6.07) is 10.9. The maximum atomic E-state index is 6.04. The van der Waals surface area contributed by atoms with E-state index in [-0.39, 0.29) is 0 Å². The van der Waals surface area contributed by atoms with E-state index < -0.39 is 0 Å². The average molecular weight is 244 g/mol. The minimum atomic E-state index is 0.309. The lowest BCUT2D eigenvalue weighted by atomic mass is 10.0. The van der Waals surface area contributed by atoms with Gasteiger partial charge in [0.1, 0.15) is 11.3 Å². The summed E-state index contributed by atoms with van der Waals surface area (Å²) < 4.78 is 5.94. The predicted molar refractivity (Wildman–Crippen MR) is 73.4 cm³/mol. The number of furan rings is 1. The summed E-state index contributed by atoms with van der Waals surface area (Å²) in [5.74, 6) is 1.05. The molecule has 0 aliphatic carbocycles. The van der Waals surface area contributed by atoms with Crippen LogP contribution in [0.3, 0.4) is 0 Å². The Morgan fingerprint density at radius 1 is 1.39 bits per heavy atom. The zero-order valence-electron chi connectivity index (χ0n) is 10.8. The van der Waals surface area contributed by atoms with E-state index in [9.17, 15) is 0 Å². The van der Waals surface area contributed by atoms with Gasteiger partial charge in [-0.1, -0.05) is 18.2 Å². The molecule has 2 aromatic rings. The number of rotatable bonds is 2. The fraction of sp³-hybridized carbons (Fsp3) is 0.467. The van der Waals surface area contributed by atoms with Gasteiger partial charge >= 0.3 is 0 Å². The molecule has 0 amide bonds. The number of hydrogen-bond donors (Lipinski definition) is 1. The van der Waals surface area contributed by atoms with Crippen LogP contribution in [0.25, 0.3) is 11.0 Å². The van der Waals surface area contributed by atoms with E-state index in [1.807, 2.05) is 18.2 Å². The number of benzene rings is 1. The van der Waals surface area contributed by atoms with Crippen molar-refractivity contribution in [2.24, 2.45) is 5.73 Å². The number of para-hydroxylation sites is 1. The van der Waals surface area contributed by atoms with E-state index in [1.165, 1.54) is 11.8 Å². The van der Waals surface area contributed by atoms with Crippen LogP contribution in [0.15, 0.2) is 34.7 Å². The molecule has 1 aromatic heterocycles. The number of likely N-dealkylation sites (tertiary alicyclic amines) is 1. The largest absolute Gasteiger partial charge is 0.459 e. The van der Waals surface area contributed by atoms with Gasteiger partial charge in [-0.3, -0.25) is 4.90 Å². The van der Waals surface area contributed by atoms with Crippen LogP contribution >= 0.6 is 0 Å². The molecule has 96 valence electrons. The van der Waals surface area contributed by atoms with E-state index in [1.54, 1.807) is 0 Å². The van der Waals surface area contributed by atoms with Gasteiger partial charge in [0.2, 0.25) is 0 Å². The maximum absolute atomic E-state index is 6.04. The lowest BCUT2D eigenvalue weighted by molar-refractivity contribution is 0.145. The summed E-state index contributed by atoms with van der Waals surface area (Å²) in [6.45, 7) is 4.29. The van der Waals surface area contributed by atoms with Gasteiger partial charge in [-0.05, 0) is 38.4 Å². The van der Waals surface area contributed by atoms with E-state index in [0.29, 0.717) is 12.1 Å². The molecular weight excluding hydrogens is 224 g/mol. The summed E-state index contributed by atoms with van der Waals surface area (Å²) in [5.41, 5.74) is 7.02. The third kappa shape index (κ3) is 2.16. The second-order valence-corrected chi connectivity index (χ2v) is 5.26. The van der Waals surface area contributed by atoms with Gasteiger partial charge in [-0.15, -0.1) is 0 Å². The molecule has 2 heterocycles. The Morgan fingerprint density at radius 3 is 3.00 bits per heavy atom. The van der Waals surface area contributed by atoms with Gasteiger partial charge in [0, 0.05) is 18.0 Å². The summed E-state index contributed by atoms with van der Waals surface area (Å²) in [5, 5.41) is 1.18. The first-order valence-electron chi connectivity index (χ1n) is 6.72. The Hall–Kier alpha value is -1.32. The first-order chi connectivity index (χ1) is 8.74. The monoisotopic (exact) mass is 244 g/mol. The van der Waals surface area contributed by atoms with E-state index >= 15 is 0 Å². The Morgan fingerprint density at radius 2 is 2.22 bits per heavy atom. The molecule has 3 rings (SSSR count). The van der Waals surface area contributed by atoms with Crippen LogP contribution < -0.4 is 5.73 Å². The van der Waals surface area contributed by atoms with Crippen molar-refractivity contribution in [3.05, 3.63) is 36.1 Å². The van der Waals surface area contributed by atoms with Crippen molar-refractivity contribution in [2.75, 3.05) is 13.1 Å². The molecule has 2 N–H and O–H groups in total. The molecular formula is C15H20N2O. The molecule has 0 spiro atoms. The highest BCUT2D eigenvalue weighted by atomic mass is 16.3. The Kier molecular flexibility index (Phi) is 3.10. The average Bonchev–Trinajstić information content (AvgIpc) is 2.81. The minimum Gasteiger partial charge on any atom is -0.459 e. The second-order valence-electron chi connectivity index (χ2n) is 5.26. The van der Waals surface area contributed by atoms with Crippen molar-refractivity contribution in [1.82, 2.24) is 4.90 Å². The molecule has 3 heteroatoms. The Bertz CT molecular complexity index is 501. The van der Waals surface area contributed by atoms with E-state index in [4.69, 9.17) is 10.2 Å². The highest BCUT2D eigenvalue weighted by molar-refractivity contribution is 5.77. The first-order valence-corrected chi connectivity index (χ1v) is 6.72. The third-order valence-electron chi connectivity index (χ3n) is 3.89. The van der Waals surface area contributed by atoms with E-state index in [2.05, 4.69) is 24.0 Å². The van der Waals surface area contributed by atoms with Crippen LogP contribution in [0.4, 0.5) is 0 Å². The van der Waals surface area contributed by atoms with Gasteiger partial charge in [0.05, 0.1) is 6.04 Å². The number of nitrogens with zero attached hydrogens (tertiary/aromatic N) is 1. The molecule has 0 bridgehead atoms.